The van der Waals surface area contributed by atoms with Gasteiger partial charge >= 0.3 is 5.97 Å². The number of nitrogens with two attached hydrogens (primary N) is 1. The number of methoxy groups -OCH3 is 1. The Kier molecular flexibility index (Phi) is 9.35. The van der Waals surface area contributed by atoms with Crippen LogP contribution in [0.2, 0.25) is 0 Å². The molecule has 32 heavy (non-hydrogen) atoms. The first kappa shape index (κ1) is 25.0. The molecule has 0 unspecified atom stereocenters. The van der Waals surface area contributed by atoms with Crippen LogP contribution in [0.3, 0.4) is 0 Å². The predicted octanol–water partition coefficient (Wildman–Crippen LogP) is 2.05. The molecule has 9 nitrogen and oxygen atoms in total. The number of hydrogen-bond acceptors (Lipinski definition) is 7. The maximum atomic E-state index is 12.9. The Balaban J connectivity index is 0.000000227. The largest absolute Gasteiger partial charge is 0.478 e. The van der Waals surface area contributed by atoms with Gasteiger partial charge in [0.2, 0.25) is 10.0 Å². The molecule has 170 valence electrons. The Hall–Kier alpha value is -3.25. The average molecular weight is 463 g/mol. The molecule has 0 atom stereocenters. The number of hydrogen-bond donors (Lipinski definition) is 3. The summed E-state index contributed by atoms with van der Waals surface area (Å²) in [6.45, 7) is 0.920. The molecule has 0 saturated carbocycles. The van der Waals surface area contributed by atoms with Crippen molar-refractivity contribution in [3.05, 3.63) is 77.9 Å². The van der Waals surface area contributed by atoms with Crippen LogP contribution < -0.4 is 10.5 Å². The normalized spacial score (nSPS) is 10.8. The summed E-state index contributed by atoms with van der Waals surface area (Å²) in [5.74, 6) is -1.18. The van der Waals surface area contributed by atoms with Gasteiger partial charge in [0, 0.05) is 38.2 Å². The van der Waals surface area contributed by atoms with Gasteiger partial charge in [0.1, 0.15) is 5.82 Å². The van der Waals surface area contributed by atoms with E-state index in [4.69, 9.17) is 15.6 Å². The van der Waals surface area contributed by atoms with Crippen molar-refractivity contribution in [2.45, 2.75) is 11.4 Å². The SMILES string of the molecule is COCCNS(=O)(=O)c1cccc(CN)c1.O=C(O)c1cnc(-c2cccc(F)c2)nc1. The summed E-state index contributed by atoms with van der Waals surface area (Å²) in [5.41, 5.74) is 6.75. The number of benzene rings is 2. The number of ether oxygens (including phenoxy) is 1. The molecule has 0 spiro atoms. The summed E-state index contributed by atoms with van der Waals surface area (Å²) in [6.07, 6.45) is 2.38. The van der Waals surface area contributed by atoms with Gasteiger partial charge in [-0.05, 0) is 29.8 Å². The summed E-state index contributed by atoms with van der Waals surface area (Å²) in [7, 11) is -1.93. The predicted molar refractivity (Wildman–Crippen MR) is 116 cm³/mol. The highest BCUT2D eigenvalue weighted by Gasteiger charge is 2.13. The summed E-state index contributed by atoms with van der Waals surface area (Å²) in [5, 5.41) is 8.65. The van der Waals surface area contributed by atoms with E-state index in [9.17, 15) is 17.6 Å². The molecule has 1 aromatic heterocycles. The molecule has 0 aliphatic carbocycles. The summed E-state index contributed by atoms with van der Waals surface area (Å²) < 4.78 is 43.7. The van der Waals surface area contributed by atoms with Gasteiger partial charge in [-0.3, -0.25) is 0 Å². The first-order chi connectivity index (χ1) is 15.3. The van der Waals surface area contributed by atoms with E-state index in [2.05, 4.69) is 14.7 Å². The van der Waals surface area contributed by atoms with Crippen LogP contribution in [0.15, 0.2) is 65.8 Å². The maximum absolute atomic E-state index is 12.9. The van der Waals surface area contributed by atoms with Gasteiger partial charge in [-0.15, -0.1) is 0 Å². The number of sulfonamides is 1. The lowest BCUT2D eigenvalue weighted by Crippen LogP contribution is -2.27. The monoisotopic (exact) mass is 462 g/mol. The van der Waals surface area contributed by atoms with Crippen molar-refractivity contribution >= 4 is 16.0 Å². The second-order valence-corrected chi connectivity index (χ2v) is 8.12. The first-order valence-electron chi connectivity index (χ1n) is 9.35. The zero-order valence-electron chi connectivity index (χ0n) is 17.2. The number of carboxylic acid groups (broad SMARTS) is 1. The number of halogens is 1. The standard InChI is InChI=1S/C11H7FN2O2.C10H16N2O3S/c12-9-3-1-2-7(4-9)10-13-5-8(6-14-10)11(15)16;1-15-6-5-12-16(13,14)10-4-2-3-9(7-10)8-11/h1-6H,(H,15,16);2-4,7,12H,5-6,8,11H2,1H3. The third-order valence-electron chi connectivity index (χ3n) is 4.02. The minimum absolute atomic E-state index is 0.000142. The van der Waals surface area contributed by atoms with Gasteiger partial charge in [-0.1, -0.05) is 24.3 Å². The van der Waals surface area contributed by atoms with Crippen LogP contribution in [0, 0.1) is 5.82 Å². The van der Waals surface area contributed by atoms with Gasteiger partial charge in [0.15, 0.2) is 5.82 Å². The van der Waals surface area contributed by atoms with Crippen LogP contribution in [0.4, 0.5) is 4.39 Å². The molecule has 0 amide bonds. The Morgan fingerprint density at radius 3 is 2.44 bits per heavy atom. The van der Waals surface area contributed by atoms with Crippen molar-refractivity contribution in [3.63, 3.8) is 0 Å². The van der Waals surface area contributed by atoms with Crippen LogP contribution in [0.1, 0.15) is 15.9 Å². The highest BCUT2D eigenvalue weighted by atomic mass is 32.2. The van der Waals surface area contributed by atoms with E-state index >= 15 is 0 Å². The van der Waals surface area contributed by atoms with Crippen molar-refractivity contribution < 1.29 is 27.4 Å². The number of aromatic nitrogens is 2. The fourth-order valence-corrected chi connectivity index (χ4v) is 3.50. The van der Waals surface area contributed by atoms with Crippen LogP contribution >= 0.6 is 0 Å². The molecule has 0 radical (unpaired) electrons. The number of carboxylic acids is 1. The van der Waals surface area contributed by atoms with E-state index in [1.165, 1.54) is 37.7 Å². The average Bonchev–Trinajstić information content (AvgIpc) is 2.80. The number of carbonyl (C=O) groups is 1. The van der Waals surface area contributed by atoms with Gasteiger partial charge in [0.25, 0.3) is 0 Å². The zero-order chi connectivity index (χ0) is 23.6. The number of aromatic carboxylic acids is 1. The third-order valence-corrected chi connectivity index (χ3v) is 5.48. The van der Waals surface area contributed by atoms with Crippen molar-refractivity contribution in [2.75, 3.05) is 20.3 Å². The van der Waals surface area contributed by atoms with Gasteiger partial charge in [-0.2, -0.15) is 0 Å². The van der Waals surface area contributed by atoms with Crippen LogP contribution in [-0.2, 0) is 21.3 Å². The van der Waals surface area contributed by atoms with Gasteiger partial charge in [0.05, 0.1) is 17.1 Å². The maximum Gasteiger partial charge on any atom is 0.338 e. The van der Waals surface area contributed by atoms with Crippen molar-refractivity contribution in [3.8, 4) is 11.4 Å². The fraction of sp³-hybridized carbons (Fsp3) is 0.190. The van der Waals surface area contributed by atoms with Crippen LogP contribution in [0.5, 0.6) is 0 Å². The van der Waals surface area contributed by atoms with Gasteiger partial charge in [-0.25, -0.2) is 32.3 Å². The first-order valence-corrected chi connectivity index (χ1v) is 10.8. The minimum atomic E-state index is -3.45. The fourth-order valence-electron chi connectivity index (χ4n) is 2.42. The quantitative estimate of drug-likeness (QED) is 0.431. The molecule has 2 aromatic carbocycles. The minimum Gasteiger partial charge on any atom is -0.478 e. The van der Waals surface area contributed by atoms with Crippen LogP contribution in [-0.4, -0.2) is 49.7 Å². The molecule has 0 saturated heterocycles. The van der Waals surface area contributed by atoms with Crippen molar-refractivity contribution in [1.82, 2.24) is 14.7 Å². The molecule has 4 N–H and O–H groups in total. The van der Waals surface area contributed by atoms with E-state index in [0.29, 0.717) is 24.5 Å². The zero-order valence-corrected chi connectivity index (χ0v) is 18.0. The molecular weight excluding hydrogens is 439 g/mol. The molecule has 3 aromatic rings. The van der Waals surface area contributed by atoms with E-state index in [0.717, 1.165) is 5.56 Å². The smallest absolute Gasteiger partial charge is 0.338 e. The Labute approximate surface area is 185 Å². The highest BCUT2D eigenvalue weighted by molar-refractivity contribution is 7.89. The van der Waals surface area contributed by atoms with E-state index in [1.807, 2.05) is 0 Å². The van der Waals surface area contributed by atoms with E-state index < -0.39 is 16.0 Å². The highest BCUT2D eigenvalue weighted by Crippen LogP contribution is 2.15. The molecule has 0 bridgehead atoms. The molecule has 3 rings (SSSR count). The third kappa shape index (κ3) is 7.46. The second kappa shape index (κ2) is 12.0. The second-order valence-electron chi connectivity index (χ2n) is 6.35. The molecule has 0 aliphatic heterocycles. The van der Waals surface area contributed by atoms with Crippen molar-refractivity contribution in [2.24, 2.45) is 5.73 Å². The topological polar surface area (TPSA) is 144 Å². The Bertz CT molecular complexity index is 1140. The van der Waals surface area contributed by atoms with Crippen LogP contribution in [0.25, 0.3) is 11.4 Å². The van der Waals surface area contributed by atoms with E-state index in [-0.39, 0.29) is 22.8 Å². The molecule has 0 fully saturated rings. The lowest BCUT2D eigenvalue weighted by molar-refractivity contribution is 0.0696. The Morgan fingerprint density at radius 1 is 1.16 bits per heavy atom. The molecular formula is C21H23FN4O5S. The lowest BCUT2D eigenvalue weighted by Gasteiger charge is -2.07. The molecule has 1 heterocycles. The number of rotatable bonds is 8. The lowest BCUT2D eigenvalue weighted by atomic mass is 10.2. The molecule has 11 heteroatoms. The van der Waals surface area contributed by atoms with Crippen molar-refractivity contribution in [1.29, 1.82) is 0 Å². The Morgan fingerprint density at radius 2 is 1.84 bits per heavy atom. The summed E-state index contributed by atoms with van der Waals surface area (Å²) in [6, 6.07) is 12.4. The molecule has 0 aliphatic rings. The number of nitrogens with one attached hydrogen (secondary N) is 1. The number of nitrogens with zero attached hydrogens (tertiary/aromatic N) is 2. The van der Waals surface area contributed by atoms with E-state index in [1.54, 1.807) is 30.3 Å². The summed E-state index contributed by atoms with van der Waals surface area (Å²) in [4.78, 5) is 18.5. The summed E-state index contributed by atoms with van der Waals surface area (Å²) >= 11 is 0. The van der Waals surface area contributed by atoms with Gasteiger partial charge < -0.3 is 15.6 Å².